The second kappa shape index (κ2) is 16.9. The van der Waals surface area contributed by atoms with Crippen molar-refractivity contribution in [3.63, 3.8) is 0 Å². The molecule has 0 amide bonds. The number of anilines is 1. The summed E-state index contributed by atoms with van der Waals surface area (Å²) in [5, 5.41) is 28.5. The summed E-state index contributed by atoms with van der Waals surface area (Å²) in [7, 11) is -3.08. The summed E-state index contributed by atoms with van der Waals surface area (Å²) in [5.74, 6) is -1.45. The Bertz CT molecular complexity index is 1790. The smallest absolute Gasteiger partial charge is 0.342 e. The van der Waals surface area contributed by atoms with Crippen molar-refractivity contribution in [3.8, 4) is 5.88 Å². The molecule has 0 aliphatic carbocycles. The molecule has 6 N–H and O–H groups in total. The zero-order valence-electron chi connectivity index (χ0n) is 29.2. The Morgan fingerprint density at radius 1 is 0.981 bits per heavy atom. The number of methoxy groups -OCH3 is 1. The third kappa shape index (κ3) is 8.93. The number of nitrogens with one attached hydrogen (secondary N) is 2. The molecule has 1 saturated heterocycles. The minimum Gasteiger partial charge on any atom is -0.479 e. The molecule has 0 bridgehead atoms. The van der Waals surface area contributed by atoms with Crippen LogP contribution < -0.4 is 20.6 Å². The molecule has 18 heteroatoms. The number of benzene rings is 2. The van der Waals surface area contributed by atoms with Crippen molar-refractivity contribution >= 4 is 36.7 Å². The van der Waals surface area contributed by atoms with Crippen LogP contribution in [0.4, 0.5) is 5.95 Å². The molecule has 3 heterocycles. The number of aliphatic hydroxyl groups is 2. The summed E-state index contributed by atoms with van der Waals surface area (Å²) in [6.07, 6.45) is -2.74. The van der Waals surface area contributed by atoms with Crippen LogP contribution in [-0.2, 0) is 45.7 Å². The van der Waals surface area contributed by atoms with E-state index in [0.717, 1.165) is 11.1 Å². The molecule has 1 fully saturated rings. The first kappa shape index (κ1) is 38.7. The number of carbonyl (C=O) groups excluding carboxylic acids is 2. The van der Waals surface area contributed by atoms with Crippen LogP contribution in [0.25, 0.3) is 11.2 Å². The van der Waals surface area contributed by atoms with Gasteiger partial charge in [-0.3, -0.25) is 18.7 Å². The van der Waals surface area contributed by atoms with E-state index in [2.05, 4.69) is 25.1 Å². The molecule has 4 aromatic rings. The van der Waals surface area contributed by atoms with Gasteiger partial charge in [-0.25, -0.2) is 15.2 Å². The summed E-state index contributed by atoms with van der Waals surface area (Å²) in [6.45, 7) is 4.15. The molecule has 280 valence electrons. The van der Waals surface area contributed by atoms with Crippen LogP contribution in [-0.4, -0.2) is 98.5 Å². The van der Waals surface area contributed by atoms with Crippen molar-refractivity contribution in [1.29, 1.82) is 0 Å². The zero-order valence-corrected chi connectivity index (χ0v) is 30.1. The molecular weight excluding hydrogens is 697 g/mol. The number of ether oxygens (including phenoxy) is 4. The molecular formula is C34H44N7O10P. The molecule has 6 atom stereocenters. The van der Waals surface area contributed by atoms with Crippen LogP contribution in [0.1, 0.15) is 38.1 Å². The van der Waals surface area contributed by atoms with Crippen molar-refractivity contribution in [3.05, 3.63) is 78.1 Å². The van der Waals surface area contributed by atoms with Gasteiger partial charge in [0.15, 0.2) is 17.4 Å². The van der Waals surface area contributed by atoms with E-state index in [0.29, 0.717) is 0 Å². The number of nitrogens with zero attached hydrogens (tertiary/aromatic N) is 4. The van der Waals surface area contributed by atoms with E-state index in [-0.39, 0.29) is 49.0 Å². The number of hydrogen-bond donors (Lipinski definition) is 5. The number of nitrogen functional groups attached to an aromatic ring is 1. The summed E-state index contributed by atoms with van der Waals surface area (Å²) in [5.41, 5.74) is 5.77. The van der Waals surface area contributed by atoms with E-state index < -0.39 is 62.3 Å². The van der Waals surface area contributed by atoms with Crippen LogP contribution in [0.2, 0.25) is 0 Å². The van der Waals surface area contributed by atoms with Gasteiger partial charge in [-0.05, 0) is 44.7 Å². The molecule has 1 aliphatic heterocycles. The maximum absolute atomic E-state index is 14.9. The SMILES string of the molecule is CCOC(=O)C(Cc1ccccc1)NP(=O)(NC(Cc1ccccc1)C(=O)OCC)OC[C@H]1O[C@@H](n2cnc3c(OC)nc(N)nc32)C(C)(O)[C@H]1O. The topological polar surface area (TPSA) is 232 Å². The molecule has 3 unspecified atom stereocenters. The van der Waals surface area contributed by atoms with E-state index in [1.807, 2.05) is 12.1 Å². The molecule has 52 heavy (non-hydrogen) atoms. The van der Waals surface area contributed by atoms with Gasteiger partial charge < -0.3 is 39.4 Å². The van der Waals surface area contributed by atoms with E-state index in [4.69, 9.17) is 29.2 Å². The molecule has 2 aromatic carbocycles. The van der Waals surface area contributed by atoms with Gasteiger partial charge in [0.1, 0.15) is 29.9 Å². The second-order valence-electron chi connectivity index (χ2n) is 12.2. The third-order valence-electron chi connectivity index (χ3n) is 8.39. The molecule has 5 rings (SSSR count). The molecule has 17 nitrogen and oxygen atoms in total. The predicted octanol–water partition coefficient (Wildman–Crippen LogP) is 2.08. The number of hydrogen-bond acceptors (Lipinski definition) is 14. The minimum atomic E-state index is -4.46. The number of carbonyl (C=O) groups is 2. The monoisotopic (exact) mass is 741 g/mol. The first-order valence-corrected chi connectivity index (χ1v) is 18.3. The van der Waals surface area contributed by atoms with Crippen molar-refractivity contribution in [1.82, 2.24) is 29.7 Å². The van der Waals surface area contributed by atoms with E-state index in [9.17, 15) is 24.4 Å². The van der Waals surface area contributed by atoms with Crippen molar-refractivity contribution in [2.45, 2.75) is 69.7 Å². The minimum absolute atomic E-state index is 0.0494. The molecule has 0 saturated carbocycles. The third-order valence-corrected chi connectivity index (χ3v) is 10.2. The Balaban J connectivity index is 1.46. The van der Waals surface area contributed by atoms with Gasteiger partial charge >= 0.3 is 19.6 Å². The largest absolute Gasteiger partial charge is 0.479 e. The lowest BCUT2D eigenvalue weighted by Gasteiger charge is -2.30. The second-order valence-corrected chi connectivity index (χ2v) is 14.1. The number of nitrogens with two attached hydrogens (primary N) is 1. The Kier molecular flexibility index (Phi) is 12.6. The van der Waals surface area contributed by atoms with Gasteiger partial charge in [0.25, 0.3) is 0 Å². The average molecular weight is 742 g/mol. The van der Waals surface area contributed by atoms with E-state index in [1.165, 1.54) is 24.9 Å². The zero-order chi connectivity index (χ0) is 37.5. The Hall–Kier alpha value is -4.48. The highest BCUT2D eigenvalue weighted by Crippen LogP contribution is 2.44. The first-order chi connectivity index (χ1) is 24.9. The molecule has 1 aliphatic rings. The molecule has 0 spiro atoms. The van der Waals surface area contributed by atoms with E-state index >= 15 is 0 Å². The van der Waals surface area contributed by atoms with Gasteiger partial charge in [-0.15, -0.1) is 0 Å². The quantitative estimate of drug-likeness (QED) is 0.0770. The normalized spacial score (nSPS) is 22.4. The van der Waals surface area contributed by atoms with Gasteiger partial charge in [0.2, 0.25) is 11.8 Å². The van der Waals surface area contributed by atoms with Gasteiger partial charge in [-0.1, -0.05) is 60.7 Å². The number of fused-ring (bicyclic) bond motifs is 1. The standard InChI is InChI=1S/C34H44N7O10P/c1-5-48-30(43)23(17-21-13-9-7-10-14-21)39-52(46,40-24(31(44)49-6-2)18-22-15-11-8-12-16-22)50-19-25-27(42)34(3,45)32(51-25)41-20-36-26-28(41)37-33(35)38-29(26)47-4/h7-16,20,23-25,27,32,42,45H,5-6,17-19H2,1-4H3,(H2,35,37,38)(H2,39,40,46)/t23?,24?,25-,27+,32-,34?,52?/m1/s1. The Labute approximate surface area is 300 Å². The fraction of sp³-hybridized carbons (Fsp3) is 0.441. The summed E-state index contributed by atoms with van der Waals surface area (Å²) in [4.78, 5) is 39.1. The highest BCUT2D eigenvalue weighted by atomic mass is 31.2. The number of aliphatic hydroxyl groups excluding tert-OH is 1. The summed E-state index contributed by atoms with van der Waals surface area (Å²) < 4.78 is 44.3. The Morgan fingerprint density at radius 2 is 1.52 bits per heavy atom. The van der Waals surface area contributed by atoms with E-state index in [1.54, 1.807) is 62.4 Å². The predicted molar refractivity (Wildman–Crippen MR) is 188 cm³/mol. The highest BCUT2D eigenvalue weighted by Gasteiger charge is 2.54. The fourth-order valence-electron chi connectivity index (χ4n) is 5.85. The average Bonchev–Trinajstić information content (AvgIpc) is 3.64. The van der Waals surface area contributed by atoms with Crippen molar-refractivity contribution in [2.24, 2.45) is 0 Å². The van der Waals surface area contributed by atoms with Crippen molar-refractivity contribution in [2.75, 3.05) is 32.7 Å². The summed E-state index contributed by atoms with van der Waals surface area (Å²) >= 11 is 0. The number of esters is 2. The fourth-order valence-corrected chi connectivity index (χ4v) is 7.64. The Morgan fingerprint density at radius 3 is 2.02 bits per heavy atom. The summed E-state index contributed by atoms with van der Waals surface area (Å²) in [6, 6.07) is 15.6. The lowest BCUT2D eigenvalue weighted by atomic mass is 9.96. The maximum atomic E-state index is 14.9. The molecule has 2 aromatic heterocycles. The van der Waals surface area contributed by atoms with Gasteiger partial charge in [0.05, 0.1) is 33.3 Å². The maximum Gasteiger partial charge on any atom is 0.342 e. The van der Waals surface area contributed by atoms with Crippen LogP contribution in [0.5, 0.6) is 5.88 Å². The lowest BCUT2D eigenvalue weighted by molar-refractivity contribution is -0.145. The van der Waals surface area contributed by atoms with Crippen LogP contribution in [0, 0.1) is 0 Å². The number of aromatic nitrogens is 4. The highest BCUT2D eigenvalue weighted by molar-refractivity contribution is 7.54. The van der Waals surface area contributed by atoms with Crippen molar-refractivity contribution < 1.29 is 47.8 Å². The van der Waals surface area contributed by atoms with Gasteiger partial charge in [-0.2, -0.15) is 9.97 Å². The van der Waals surface area contributed by atoms with Gasteiger partial charge in [0, 0.05) is 0 Å². The van der Waals surface area contributed by atoms with Crippen LogP contribution in [0.15, 0.2) is 67.0 Å². The number of rotatable bonds is 17. The first-order valence-electron chi connectivity index (χ1n) is 16.7. The van der Waals surface area contributed by atoms with Crippen LogP contribution >= 0.6 is 7.67 Å². The lowest BCUT2D eigenvalue weighted by Crippen LogP contribution is -2.47. The van der Waals surface area contributed by atoms with Crippen LogP contribution in [0.3, 0.4) is 0 Å². The molecule has 0 radical (unpaired) electrons. The number of imidazole rings is 1.